The van der Waals surface area contributed by atoms with Gasteiger partial charge in [-0.25, -0.2) is 0 Å². The first-order valence-corrected chi connectivity index (χ1v) is 6.91. The Morgan fingerprint density at radius 2 is 1.33 bits per heavy atom. The van der Waals surface area contributed by atoms with Crippen molar-refractivity contribution in [1.82, 2.24) is 0 Å². The fraction of sp³-hybridized carbons (Fsp3) is 0.933. The molecule has 0 heteroatoms. The van der Waals surface area contributed by atoms with Crippen LogP contribution in [0.15, 0.2) is 0 Å². The molecule has 15 heavy (non-hydrogen) atoms. The maximum absolute atomic E-state index is 3.88. The monoisotopic (exact) mass is 211 g/mol. The van der Waals surface area contributed by atoms with Crippen molar-refractivity contribution >= 4 is 0 Å². The lowest BCUT2D eigenvalue weighted by molar-refractivity contribution is 0.283. The van der Waals surface area contributed by atoms with Crippen molar-refractivity contribution in [2.75, 3.05) is 0 Å². The maximum Gasteiger partial charge on any atom is -0.0354 e. The molecule has 0 atom stereocenters. The fourth-order valence-corrected chi connectivity index (χ4v) is 2.11. The molecule has 0 aliphatic heterocycles. The van der Waals surface area contributed by atoms with Gasteiger partial charge in [-0.15, -0.1) is 0 Å². The Morgan fingerprint density at radius 1 is 0.800 bits per heavy atom. The number of unbranched alkanes of at least 4 members (excludes halogenated alkanes) is 6. The lowest BCUT2D eigenvalue weighted by atomic mass is 9.82. The summed E-state index contributed by atoms with van der Waals surface area (Å²) in [5.74, 6) is 0. The van der Waals surface area contributed by atoms with Gasteiger partial charge in [0, 0.05) is 0 Å². The highest BCUT2D eigenvalue weighted by atomic mass is 14.2. The van der Waals surface area contributed by atoms with E-state index in [-0.39, 0.29) is 0 Å². The quantitative estimate of drug-likeness (QED) is 0.402. The summed E-state index contributed by atoms with van der Waals surface area (Å²) in [5, 5.41) is 0. The van der Waals surface area contributed by atoms with Crippen LogP contribution in [-0.4, -0.2) is 0 Å². The van der Waals surface area contributed by atoms with E-state index in [2.05, 4.69) is 27.7 Å². The van der Waals surface area contributed by atoms with E-state index < -0.39 is 0 Å². The van der Waals surface area contributed by atoms with E-state index in [1.807, 2.05) is 0 Å². The van der Waals surface area contributed by atoms with E-state index in [9.17, 15) is 0 Å². The lowest BCUT2D eigenvalue weighted by Gasteiger charge is -2.24. The van der Waals surface area contributed by atoms with Gasteiger partial charge in [0.15, 0.2) is 0 Å². The van der Waals surface area contributed by atoms with Crippen LogP contribution in [0.1, 0.15) is 85.0 Å². The molecule has 0 amide bonds. The SMILES string of the molecule is [CH2]CCCCCCC(C)(C)CCCCC. The fourth-order valence-electron chi connectivity index (χ4n) is 2.11. The molecule has 0 rings (SSSR count). The third kappa shape index (κ3) is 10.3. The summed E-state index contributed by atoms with van der Waals surface area (Å²) in [4.78, 5) is 0. The largest absolute Gasteiger partial charge is 0.0654 e. The average molecular weight is 211 g/mol. The van der Waals surface area contributed by atoms with Gasteiger partial charge in [0.05, 0.1) is 0 Å². The van der Waals surface area contributed by atoms with Gasteiger partial charge >= 0.3 is 0 Å². The van der Waals surface area contributed by atoms with Crippen LogP contribution in [-0.2, 0) is 0 Å². The smallest absolute Gasteiger partial charge is 0.0354 e. The van der Waals surface area contributed by atoms with Crippen LogP contribution in [0.3, 0.4) is 0 Å². The molecular weight excluding hydrogens is 180 g/mol. The normalized spacial score (nSPS) is 12.0. The molecule has 0 spiro atoms. The topological polar surface area (TPSA) is 0 Å². The third-order valence-corrected chi connectivity index (χ3v) is 3.31. The second-order valence-electron chi connectivity index (χ2n) is 5.64. The molecule has 0 unspecified atom stereocenters. The Labute approximate surface area is 97.8 Å². The maximum atomic E-state index is 3.88. The van der Waals surface area contributed by atoms with E-state index in [0.29, 0.717) is 5.41 Å². The van der Waals surface area contributed by atoms with Gasteiger partial charge in [-0.05, 0) is 18.3 Å². The van der Waals surface area contributed by atoms with Gasteiger partial charge in [-0.3, -0.25) is 0 Å². The molecule has 0 aromatic heterocycles. The van der Waals surface area contributed by atoms with Crippen LogP contribution < -0.4 is 0 Å². The summed E-state index contributed by atoms with van der Waals surface area (Å²) in [7, 11) is 0. The van der Waals surface area contributed by atoms with Crippen LogP contribution in [0.2, 0.25) is 0 Å². The minimum atomic E-state index is 0.583. The first kappa shape index (κ1) is 15.0. The van der Waals surface area contributed by atoms with Crippen molar-refractivity contribution < 1.29 is 0 Å². The predicted molar refractivity (Wildman–Crippen MR) is 71.0 cm³/mol. The van der Waals surface area contributed by atoms with Crippen LogP contribution in [0.25, 0.3) is 0 Å². The van der Waals surface area contributed by atoms with Gasteiger partial charge in [-0.1, -0.05) is 79.1 Å². The summed E-state index contributed by atoms with van der Waals surface area (Å²) in [5.41, 5.74) is 0.583. The summed E-state index contributed by atoms with van der Waals surface area (Å²) in [6.07, 6.45) is 13.6. The molecule has 0 saturated heterocycles. The standard InChI is InChI=1S/C15H31/c1-5-7-9-10-12-14-15(3,4)13-11-8-6-2/h1,5-14H2,2-4H3. The van der Waals surface area contributed by atoms with E-state index >= 15 is 0 Å². The van der Waals surface area contributed by atoms with Crippen LogP contribution in [0.4, 0.5) is 0 Å². The first-order chi connectivity index (χ1) is 7.12. The Kier molecular flexibility index (Phi) is 9.24. The Morgan fingerprint density at radius 3 is 1.87 bits per heavy atom. The highest BCUT2D eigenvalue weighted by Gasteiger charge is 2.16. The van der Waals surface area contributed by atoms with Crippen molar-refractivity contribution in [1.29, 1.82) is 0 Å². The van der Waals surface area contributed by atoms with Gasteiger partial charge in [0.25, 0.3) is 0 Å². The van der Waals surface area contributed by atoms with Gasteiger partial charge in [0.1, 0.15) is 0 Å². The minimum Gasteiger partial charge on any atom is -0.0654 e. The summed E-state index contributed by atoms with van der Waals surface area (Å²) < 4.78 is 0. The first-order valence-electron chi connectivity index (χ1n) is 6.91. The Bertz CT molecular complexity index is 124. The highest BCUT2D eigenvalue weighted by molar-refractivity contribution is 4.68. The average Bonchev–Trinajstić information content (AvgIpc) is 2.17. The Hall–Kier alpha value is 0. The summed E-state index contributed by atoms with van der Waals surface area (Å²) in [6.45, 7) is 11.0. The van der Waals surface area contributed by atoms with Crippen LogP contribution in [0.5, 0.6) is 0 Å². The zero-order valence-electron chi connectivity index (χ0n) is 11.3. The van der Waals surface area contributed by atoms with Crippen molar-refractivity contribution in [2.45, 2.75) is 85.0 Å². The van der Waals surface area contributed by atoms with E-state index in [1.165, 1.54) is 57.8 Å². The molecule has 0 nitrogen and oxygen atoms in total. The highest BCUT2D eigenvalue weighted by Crippen LogP contribution is 2.30. The van der Waals surface area contributed by atoms with E-state index in [4.69, 9.17) is 0 Å². The summed E-state index contributed by atoms with van der Waals surface area (Å²) in [6, 6.07) is 0. The third-order valence-electron chi connectivity index (χ3n) is 3.31. The van der Waals surface area contributed by atoms with Gasteiger partial charge in [0.2, 0.25) is 0 Å². The molecule has 0 N–H and O–H groups in total. The molecule has 0 saturated carbocycles. The number of hydrogen-bond donors (Lipinski definition) is 0. The number of hydrogen-bond acceptors (Lipinski definition) is 0. The van der Waals surface area contributed by atoms with Crippen molar-refractivity contribution in [3.05, 3.63) is 6.92 Å². The van der Waals surface area contributed by atoms with E-state index in [1.54, 1.807) is 0 Å². The van der Waals surface area contributed by atoms with Crippen molar-refractivity contribution in [2.24, 2.45) is 5.41 Å². The van der Waals surface area contributed by atoms with Gasteiger partial charge < -0.3 is 0 Å². The molecular formula is C15H31. The molecule has 91 valence electrons. The molecule has 0 fully saturated rings. The summed E-state index contributed by atoms with van der Waals surface area (Å²) >= 11 is 0. The molecule has 1 radical (unpaired) electrons. The molecule has 0 heterocycles. The number of rotatable bonds is 10. The molecule has 0 aliphatic carbocycles. The van der Waals surface area contributed by atoms with E-state index in [0.717, 1.165) is 6.42 Å². The Balaban J connectivity index is 3.38. The predicted octanol–water partition coefficient (Wildman–Crippen LogP) is 5.77. The second kappa shape index (κ2) is 9.24. The molecule has 0 aliphatic rings. The zero-order valence-corrected chi connectivity index (χ0v) is 11.3. The molecule has 0 aromatic rings. The lowest BCUT2D eigenvalue weighted by Crippen LogP contribution is -2.10. The van der Waals surface area contributed by atoms with Gasteiger partial charge in [-0.2, -0.15) is 0 Å². The second-order valence-corrected chi connectivity index (χ2v) is 5.64. The zero-order chi connectivity index (χ0) is 11.6. The van der Waals surface area contributed by atoms with Crippen molar-refractivity contribution in [3.8, 4) is 0 Å². The van der Waals surface area contributed by atoms with Crippen LogP contribution >= 0.6 is 0 Å². The molecule has 0 aromatic carbocycles. The van der Waals surface area contributed by atoms with Crippen molar-refractivity contribution in [3.63, 3.8) is 0 Å². The minimum absolute atomic E-state index is 0.583. The molecule has 0 bridgehead atoms. The van der Waals surface area contributed by atoms with Crippen LogP contribution in [0, 0.1) is 12.3 Å².